The summed E-state index contributed by atoms with van der Waals surface area (Å²) in [6.45, 7) is 5.92. The number of carbonyl (C=O) groups excluding carboxylic acids is 2. The Morgan fingerprint density at radius 2 is 1.95 bits per heavy atom. The van der Waals surface area contributed by atoms with Crippen LogP contribution >= 0.6 is 0 Å². The van der Waals surface area contributed by atoms with E-state index in [0.29, 0.717) is 19.4 Å². The van der Waals surface area contributed by atoms with Crippen molar-refractivity contribution in [2.45, 2.75) is 39.7 Å². The molecule has 0 rings (SSSR count). The van der Waals surface area contributed by atoms with Crippen LogP contribution in [0.2, 0.25) is 0 Å². The molecule has 0 bridgehead atoms. The number of aliphatic hydroxyl groups excluding tert-OH is 1. The number of amides is 1. The van der Waals surface area contributed by atoms with Crippen LogP contribution in [0, 0.1) is 11.8 Å². The van der Waals surface area contributed by atoms with Gasteiger partial charge in [-0.2, -0.15) is 0 Å². The summed E-state index contributed by atoms with van der Waals surface area (Å²) in [6, 6.07) is -0.446. The van der Waals surface area contributed by atoms with E-state index in [1.165, 1.54) is 6.92 Å². The smallest absolute Gasteiger partial charge is 0.224 e. The Bertz CT molecular complexity index is 329. The number of nitrogens with one attached hydrogen (secondary N) is 2. The largest absolute Gasteiger partial charge is 0.396 e. The fourth-order valence-corrected chi connectivity index (χ4v) is 2.07. The Morgan fingerprint density at radius 3 is 2.40 bits per heavy atom. The highest BCUT2D eigenvalue weighted by atomic mass is 16.3. The molecule has 3 N–H and O–H groups in total. The summed E-state index contributed by atoms with van der Waals surface area (Å²) in [5.41, 5.74) is 0. The fraction of sp³-hybridized carbons (Fsp3) is 0.733. The van der Waals surface area contributed by atoms with E-state index >= 15 is 0 Å². The van der Waals surface area contributed by atoms with Gasteiger partial charge in [0, 0.05) is 12.5 Å². The maximum atomic E-state index is 12.2. The van der Waals surface area contributed by atoms with Crippen LogP contribution in [0.15, 0.2) is 12.2 Å². The molecule has 1 amide bonds. The number of ketones is 1. The molecule has 0 aromatic rings. The van der Waals surface area contributed by atoms with Gasteiger partial charge in [0.2, 0.25) is 5.91 Å². The van der Waals surface area contributed by atoms with E-state index in [2.05, 4.69) is 10.6 Å². The summed E-state index contributed by atoms with van der Waals surface area (Å²) in [5.74, 6) is -0.458. The van der Waals surface area contributed by atoms with Gasteiger partial charge in [0.1, 0.15) is 0 Å². The van der Waals surface area contributed by atoms with Gasteiger partial charge >= 0.3 is 0 Å². The van der Waals surface area contributed by atoms with Gasteiger partial charge in [-0.15, -0.1) is 0 Å². The maximum absolute atomic E-state index is 12.2. The van der Waals surface area contributed by atoms with Crippen LogP contribution in [0.3, 0.4) is 0 Å². The van der Waals surface area contributed by atoms with Gasteiger partial charge in [0.15, 0.2) is 5.78 Å². The average molecular weight is 284 g/mol. The van der Waals surface area contributed by atoms with Crippen LogP contribution in [0.25, 0.3) is 0 Å². The third-order valence-electron chi connectivity index (χ3n) is 3.45. The molecule has 0 spiro atoms. The van der Waals surface area contributed by atoms with Gasteiger partial charge in [0.25, 0.3) is 0 Å². The second-order valence-corrected chi connectivity index (χ2v) is 5.05. The molecule has 5 heteroatoms. The fourth-order valence-electron chi connectivity index (χ4n) is 2.07. The van der Waals surface area contributed by atoms with Crippen molar-refractivity contribution in [3.8, 4) is 0 Å². The van der Waals surface area contributed by atoms with Crippen LogP contribution in [-0.2, 0) is 9.59 Å². The SMILES string of the molecule is C/C=C/[C@@H](CCO)[C@@H](C)C(=O)N[C@@H](CCNC)C(C)=O. The second-order valence-electron chi connectivity index (χ2n) is 5.05. The molecule has 0 aliphatic heterocycles. The van der Waals surface area contributed by atoms with Crippen molar-refractivity contribution in [3.05, 3.63) is 12.2 Å². The number of rotatable bonds is 10. The molecule has 0 fully saturated rings. The van der Waals surface area contributed by atoms with Crippen LogP contribution in [-0.4, -0.2) is 43.0 Å². The van der Waals surface area contributed by atoms with Crippen molar-refractivity contribution in [2.24, 2.45) is 11.8 Å². The standard InChI is InChI=1S/C15H28N2O3/c1-5-6-13(8-10-18)11(2)15(20)17-14(12(3)19)7-9-16-4/h5-6,11,13-14,16,18H,7-10H2,1-4H3,(H,17,20)/b6-5+/t11-,13+,14+/m1/s1. The summed E-state index contributed by atoms with van der Waals surface area (Å²) in [4.78, 5) is 23.7. The number of Topliss-reactive ketones (excluding diaryl/α,β-unsaturated/α-hetero) is 1. The summed E-state index contributed by atoms with van der Waals surface area (Å²) in [7, 11) is 1.81. The Kier molecular flexibility index (Phi) is 9.94. The first-order valence-corrected chi connectivity index (χ1v) is 7.17. The summed E-state index contributed by atoms with van der Waals surface area (Å²) < 4.78 is 0. The van der Waals surface area contributed by atoms with Crippen molar-refractivity contribution in [1.82, 2.24) is 10.6 Å². The van der Waals surface area contributed by atoms with E-state index in [1.54, 1.807) is 0 Å². The Morgan fingerprint density at radius 1 is 1.30 bits per heavy atom. The molecule has 116 valence electrons. The van der Waals surface area contributed by atoms with E-state index in [4.69, 9.17) is 5.11 Å². The number of aliphatic hydroxyl groups is 1. The van der Waals surface area contributed by atoms with Gasteiger partial charge in [-0.25, -0.2) is 0 Å². The number of hydrogen-bond donors (Lipinski definition) is 3. The predicted octanol–water partition coefficient (Wildman–Crippen LogP) is 0.880. The van der Waals surface area contributed by atoms with Crippen molar-refractivity contribution in [2.75, 3.05) is 20.2 Å². The normalized spacial score (nSPS) is 15.8. The van der Waals surface area contributed by atoms with E-state index < -0.39 is 6.04 Å². The van der Waals surface area contributed by atoms with Gasteiger partial charge < -0.3 is 15.7 Å². The minimum Gasteiger partial charge on any atom is -0.396 e. The van der Waals surface area contributed by atoms with Crippen molar-refractivity contribution >= 4 is 11.7 Å². The molecule has 0 heterocycles. The minimum atomic E-state index is -0.446. The molecule has 3 atom stereocenters. The molecule has 20 heavy (non-hydrogen) atoms. The topological polar surface area (TPSA) is 78.4 Å². The van der Waals surface area contributed by atoms with E-state index in [9.17, 15) is 9.59 Å². The van der Waals surface area contributed by atoms with Gasteiger partial charge in [-0.05, 0) is 46.2 Å². The first-order chi connectivity index (χ1) is 9.47. The highest BCUT2D eigenvalue weighted by Gasteiger charge is 2.25. The molecule has 0 unspecified atom stereocenters. The highest BCUT2D eigenvalue weighted by molar-refractivity contribution is 5.88. The molecule has 0 radical (unpaired) electrons. The summed E-state index contributed by atoms with van der Waals surface area (Å²) >= 11 is 0. The average Bonchev–Trinajstić information content (AvgIpc) is 2.41. The lowest BCUT2D eigenvalue weighted by atomic mass is 9.89. The molecular formula is C15H28N2O3. The lowest BCUT2D eigenvalue weighted by Crippen LogP contribution is -2.44. The van der Waals surface area contributed by atoms with Gasteiger partial charge in [-0.1, -0.05) is 19.1 Å². The van der Waals surface area contributed by atoms with Crippen molar-refractivity contribution in [1.29, 1.82) is 0 Å². The second kappa shape index (κ2) is 10.6. The van der Waals surface area contributed by atoms with Crippen LogP contribution in [0.5, 0.6) is 0 Å². The Hall–Kier alpha value is -1.20. The molecular weight excluding hydrogens is 256 g/mol. The molecule has 0 saturated heterocycles. The lowest BCUT2D eigenvalue weighted by Gasteiger charge is -2.23. The predicted molar refractivity (Wildman–Crippen MR) is 80.3 cm³/mol. The lowest BCUT2D eigenvalue weighted by molar-refractivity contribution is -0.130. The molecule has 0 aromatic heterocycles. The third-order valence-corrected chi connectivity index (χ3v) is 3.45. The molecule has 0 aliphatic carbocycles. The van der Waals surface area contributed by atoms with Crippen LogP contribution in [0.4, 0.5) is 0 Å². The molecule has 0 aliphatic rings. The van der Waals surface area contributed by atoms with Gasteiger partial charge in [0.05, 0.1) is 6.04 Å². The first kappa shape index (κ1) is 18.8. The molecule has 0 saturated carbocycles. The van der Waals surface area contributed by atoms with E-state index in [0.717, 1.165) is 0 Å². The van der Waals surface area contributed by atoms with Gasteiger partial charge in [-0.3, -0.25) is 9.59 Å². The molecule has 0 aromatic carbocycles. The van der Waals surface area contributed by atoms with Crippen LogP contribution < -0.4 is 10.6 Å². The Labute approximate surface area is 121 Å². The van der Waals surface area contributed by atoms with E-state index in [1.807, 2.05) is 33.0 Å². The van der Waals surface area contributed by atoms with E-state index in [-0.39, 0.29) is 30.1 Å². The maximum Gasteiger partial charge on any atom is 0.224 e. The number of carbonyl (C=O) groups is 2. The monoisotopic (exact) mass is 284 g/mol. The van der Waals surface area contributed by atoms with Crippen molar-refractivity contribution in [3.63, 3.8) is 0 Å². The van der Waals surface area contributed by atoms with Crippen LogP contribution in [0.1, 0.15) is 33.6 Å². The first-order valence-electron chi connectivity index (χ1n) is 7.17. The zero-order valence-corrected chi connectivity index (χ0v) is 13.0. The Balaban J connectivity index is 4.63. The number of hydrogen-bond acceptors (Lipinski definition) is 4. The third kappa shape index (κ3) is 6.82. The summed E-state index contributed by atoms with van der Waals surface area (Å²) in [6.07, 6.45) is 4.93. The molecule has 5 nitrogen and oxygen atoms in total. The van der Waals surface area contributed by atoms with Crippen molar-refractivity contribution < 1.29 is 14.7 Å². The number of allylic oxidation sites excluding steroid dienone is 2. The highest BCUT2D eigenvalue weighted by Crippen LogP contribution is 2.18. The zero-order chi connectivity index (χ0) is 15.5. The minimum absolute atomic E-state index is 0.0121. The summed E-state index contributed by atoms with van der Waals surface area (Å²) in [5, 5.41) is 14.8. The quantitative estimate of drug-likeness (QED) is 0.520. The zero-order valence-electron chi connectivity index (χ0n) is 13.0.